The Morgan fingerprint density at radius 1 is 1.15 bits per heavy atom. The van der Waals surface area contributed by atoms with Crippen molar-refractivity contribution in [3.8, 4) is 0 Å². The SMILES string of the molecule is O=C(c1cccnc1F)N1CCC(O)(c2ccccc2)[C@H]2CCCC[C@H]21. The molecule has 3 atom stereocenters. The highest BCUT2D eigenvalue weighted by Gasteiger charge is 2.50. The van der Waals surface area contributed by atoms with Gasteiger partial charge in [0, 0.05) is 24.7 Å². The topological polar surface area (TPSA) is 53.4 Å². The number of pyridine rings is 1. The van der Waals surface area contributed by atoms with Gasteiger partial charge in [-0.1, -0.05) is 43.2 Å². The average molecular weight is 354 g/mol. The van der Waals surface area contributed by atoms with Gasteiger partial charge < -0.3 is 10.0 Å². The van der Waals surface area contributed by atoms with E-state index in [1.807, 2.05) is 30.3 Å². The number of nitrogens with zero attached hydrogens (tertiary/aromatic N) is 2. The van der Waals surface area contributed by atoms with Gasteiger partial charge in [-0.15, -0.1) is 0 Å². The Bertz CT molecular complexity index is 798. The fourth-order valence-electron chi connectivity index (χ4n) is 4.72. The predicted octanol–water partition coefficient (Wildman–Crippen LogP) is 3.51. The molecule has 2 fully saturated rings. The molecule has 1 unspecified atom stereocenters. The summed E-state index contributed by atoms with van der Waals surface area (Å²) in [6.45, 7) is 0.416. The van der Waals surface area contributed by atoms with Gasteiger partial charge in [-0.3, -0.25) is 4.79 Å². The van der Waals surface area contributed by atoms with Crippen molar-refractivity contribution in [1.82, 2.24) is 9.88 Å². The molecule has 1 aromatic carbocycles. The molecule has 1 aliphatic heterocycles. The molecule has 0 radical (unpaired) electrons. The molecule has 26 heavy (non-hydrogen) atoms. The summed E-state index contributed by atoms with van der Waals surface area (Å²) >= 11 is 0. The van der Waals surface area contributed by atoms with E-state index >= 15 is 0 Å². The summed E-state index contributed by atoms with van der Waals surface area (Å²) in [5.41, 5.74) is -0.00472. The molecule has 1 amide bonds. The lowest BCUT2D eigenvalue weighted by Crippen LogP contribution is -2.59. The molecule has 2 aliphatic rings. The van der Waals surface area contributed by atoms with Crippen LogP contribution in [0.5, 0.6) is 0 Å². The number of piperidine rings is 1. The van der Waals surface area contributed by atoms with Crippen LogP contribution in [0, 0.1) is 11.9 Å². The Labute approximate surface area is 152 Å². The minimum Gasteiger partial charge on any atom is -0.385 e. The maximum absolute atomic E-state index is 14.0. The zero-order valence-corrected chi connectivity index (χ0v) is 14.6. The molecule has 136 valence electrons. The monoisotopic (exact) mass is 354 g/mol. The summed E-state index contributed by atoms with van der Waals surface area (Å²) in [5.74, 6) is -1.08. The Kier molecular flexibility index (Phi) is 4.49. The molecule has 5 heteroatoms. The van der Waals surface area contributed by atoms with E-state index in [-0.39, 0.29) is 23.4 Å². The standard InChI is InChI=1S/C21H23FN2O2/c22-19-16(9-6-13-23-19)20(25)24-14-12-21(26,15-7-2-1-3-8-15)17-10-4-5-11-18(17)24/h1-3,6-9,13,17-18,26H,4-5,10-12,14H2/t17-,18+,21?/m0/s1. The zero-order valence-electron chi connectivity index (χ0n) is 14.6. The van der Waals surface area contributed by atoms with Crippen molar-refractivity contribution in [2.24, 2.45) is 5.92 Å². The van der Waals surface area contributed by atoms with Crippen molar-refractivity contribution in [3.05, 3.63) is 65.7 Å². The number of aliphatic hydroxyl groups is 1. The van der Waals surface area contributed by atoms with Gasteiger partial charge in [0.05, 0.1) is 11.2 Å². The van der Waals surface area contributed by atoms with E-state index < -0.39 is 11.5 Å². The van der Waals surface area contributed by atoms with Gasteiger partial charge in [0.15, 0.2) is 0 Å². The minimum atomic E-state index is -0.934. The Morgan fingerprint density at radius 3 is 2.69 bits per heavy atom. The van der Waals surface area contributed by atoms with Gasteiger partial charge in [0.2, 0.25) is 5.95 Å². The molecule has 1 N–H and O–H groups in total. The van der Waals surface area contributed by atoms with E-state index in [4.69, 9.17) is 0 Å². The molecular weight excluding hydrogens is 331 g/mol. The lowest BCUT2D eigenvalue weighted by atomic mass is 9.66. The van der Waals surface area contributed by atoms with Crippen molar-refractivity contribution >= 4 is 5.91 Å². The van der Waals surface area contributed by atoms with Crippen LogP contribution in [0.4, 0.5) is 4.39 Å². The van der Waals surface area contributed by atoms with Gasteiger partial charge in [-0.25, -0.2) is 4.98 Å². The number of hydrogen-bond acceptors (Lipinski definition) is 3. The van der Waals surface area contributed by atoms with E-state index in [0.717, 1.165) is 31.2 Å². The highest BCUT2D eigenvalue weighted by Crippen LogP contribution is 2.47. The third kappa shape index (κ3) is 2.80. The van der Waals surface area contributed by atoms with Crippen LogP contribution in [-0.4, -0.2) is 33.5 Å². The second-order valence-electron chi connectivity index (χ2n) is 7.34. The molecule has 4 nitrogen and oxygen atoms in total. The van der Waals surface area contributed by atoms with Crippen LogP contribution in [0.25, 0.3) is 0 Å². The van der Waals surface area contributed by atoms with Crippen LogP contribution in [0.3, 0.4) is 0 Å². The van der Waals surface area contributed by atoms with E-state index in [0.29, 0.717) is 13.0 Å². The molecule has 0 spiro atoms. The summed E-state index contributed by atoms with van der Waals surface area (Å²) in [4.78, 5) is 18.4. The van der Waals surface area contributed by atoms with Gasteiger partial charge in [-0.2, -0.15) is 4.39 Å². The van der Waals surface area contributed by atoms with Gasteiger partial charge in [0.25, 0.3) is 5.91 Å². The molecule has 2 aromatic rings. The first-order chi connectivity index (χ1) is 12.6. The summed E-state index contributed by atoms with van der Waals surface area (Å²) in [7, 11) is 0. The van der Waals surface area contributed by atoms with Crippen molar-refractivity contribution in [2.45, 2.75) is 43.7 Å². The van der Waals surface area contributed by atoms with E-state index in [1.54, 1.807) is 11.0 Å². The van der Waals surface area contributed by atoms with Crippen LogP contribution in [0.1, 0.15) is 48.0 Å². The maximum Gasteiger partial charge on any atom is 0.258 e. The highest BCUT2D eigenvalue weighted by molar-refractivity contribution is 5.94. The first kappa shape index (κ1) is 17.2. The van der Waals surface area contributed by atoms with Gasteiger partial charge in [0.1, 0.15) is 0 Å². The Balaban J connectivity index is 1.67. The smallest absolute Gasteiger partial charge is 0.258 e. The zero-order chi connectivity index (χ0) is 18.1. The number of benzene rings is 1. The average Bonchev–Trinajstić information content (AvgIpc) is 2.69. The summed E-state index contributed by atoms with van der Waals surface area (Å²) in [5, 5.41) is 11.5. The van der Waals surface area contributed by atoms with Gasteiger partial charge >= 0.3 is 0 Å². The Morgan fingerprint density at radius 2 is 1.92 bits per heavy atom. The molecule has 0 bridgehead atoms. The number of fused-ring (bicyclic) bond motifs is 1. The lowest BCUT2D eigenvalue weighted by molar-refractivity contribution is -0.110. The number of amides is 1. The largest absolute Gasteiger partial charge is 0.385 e. The van der Waals surface area contributed by atoms with Crippen LogP contribution >= 0.6 is 0 Å². The second kappa shape index (κ2) is 6.80. The fourth-order valence-corrected chi connectivity index (χ4v) is 4.72. The third-order valence-corrected chi connectivity index (χ3v) is 6.00. The van der Waals surface area contributed by atoms with Crippen molar-refractivity contribution in [2.75, 3.05) is 6.54 Å². The third-order valence-electron chi connectivity index (χ3n) is 6.00. The molecular formula is C21H23FN2O2. The van der Waals surface area contributed by atoms with E-state index in [9.17, 15) is 14.3 Å². The molecule has 4 rings (SSSR count). The highest BCUT2D eigenvalue weighted by atomic mass is 19.1. The van der Waals surface area contributed by atoms with Gasteiger partial charge in [-0.05, 0) is 37.0 Å². The number of carbonyl (C=O) groups is 1. The summed E-state index contributed by atoms with van der Waals surface area (Å²) in [6, 6.07) is 12.7. The fraction of sp³-hybridized carbons (Fsp3) is 0.429. The minimum absolute atomic E-state index is 0.0157. The number of aromatic nitrogens is 1. The van der Waals surface area contributed by atoms with Crippen molar-refractivity contribution in [1.29, 1.82) is 0 Å². The summed E-state index contributed by atoms with van der Waals surface area (Å²) in [6.07, 6.45) is 5.58. The number of rotatable bonds is 2. The first-order valence-corrected chi connectivity index (χ1v) is 9.30. The van der Waals surface area contributed by atoms with Crippen LogP contribution in [0.2, 0.25) is 0 Å². The molecule has 1 aromatic heterocycles. The first-order valence-electron chi connectivity index (χ1n) is 9.30. The molecule has 1 saturated heterocycles. The summed E-state index contributed by atoms with van der Waals surface area (Å²) < 4.78 is 14.0. The van der Waals surface area contributed by atoms with Crippen LogP contribution in [0.15, 0.2) is 48.7 Å². The Hall–Kier alpha value is -2.27. The number of carbonyl (C=O) groups excluding carboxylic acids is 1. The number of hydrogen-bond donors (Lipinski definition) is 1. The number of halogens is 1. The van der Waals surface area contributed by atoms with Crippen LogP contribution < -0.4 is 0 Å². The quantitative estimate of drug-likeness (QED) is 0.840. The van der Waals surface area contributed by atoms with E-state index in [2.05, 4.69) is 4.98 Å². The maximum atomic E-state index is 14.0. The molecule has 2 heterocycles. The van der Waals surface area contributed by atoms with Crippen LogP contribution in [-0.2, 0) is 5.60 Å². The lowest BCUT2D eigenvalue weighted by Gasteiger charge is -2.52. The van der Waals surface area contributed by atoms with Crippen molar-refractivity contribution < 1.29 is 14.3 Å². The molecule has 1 saturated carbocycles. The second-order valence-corrected chi connectivity index (χ2v) is 7.34. The molecule has 1 aliphatic carbocycles. The van der Waals surface area contributed by atoms with E-state index in [1.165, 1.54) is 12.3 Å². The normalized spacial score (nSPS) is 28.5. The van der Waals surface area contributed by atoms with Crippen molar-refractivity contribution in [3.63, 3.8) is 0 Å². The predicted molar refractivity (Wildman–Crippen MR) is 95.9 cm³/mol. The number of likely N-dealkylation sites (tertiary alicyclic amines) is 1.